The highest BCUT2D eigenvalue weighted by Gasteiger charge is 2.36. The van der Waals surface area contributed by atoms with Gasteiger partial charge in [0.15, 0.2) is 0 Å². The van der Waals surface area contributed by atoms with E-state index in [1.54, 1.807) is 22.9 Å². The second kappa shape index (κ2) is 7.89. The lowest BCUT2D eigenvalue weighted by Gasteiger charge is -2.23. The summed E-state index contributed by atoms with van der Waals surface area (Å²) < 4.78 is 0. The Morgan fingerprint density at radius 2 is 1.92 bits per heavy atom. The molecular weight excluding hydrogens is 350 g/mol. The summed E-state index contributed by atoms with van der Waals surface area (Å²) in [4.78, 5) is 28.5. The summed E-state index contributed by atoms with van der Waals surface area (Å²) in [5.41, 5.74) is 2.61. The summed E-state index contributed by atoms with van der Waals surface area (Å²) >= 11 is 6.21. The minimum absolute atomic E-state index is 0.0243. The topological polar surface area (TPSA) is 52.7 Å². The molecule has 1 saturated heterocycles. The van der Waals surface area contributed by atoms with Crippen LogP contribution in [0, 0.1) is 6.92 Å². The average Bonchev–Trinajstić information content (AvgIpc) is 2.99. The maximum atomic E-state index is 12.8. The second-order valence-electron chi connectivity index (χ2n) is 6.58. The number of hydrogen-bond donors (Lipinski definition) is 1. The normalized spacial score (nSPS) is 17.0. The smallest absolute Gasteiger partial charge is 0.244 e. The Kier molecular flexibility index (Phi) is 5.59. The predicted molar refractivity (Wildman–Crippen MR) is 105 cm³/mol. The fraction of sp³-hybridized carbons (Fsp3) is 0.300. The van der Waals surface area contributed by atoms with Gasteiger partial charge in [0.25, 0.3) is 0 Å². The van der Waals surface area contributed by atoms with Gasteiger partial charge >= 0.3 is 0 Å². The highest BCUT2D eigenvalue weighted by molar-refractivity contribution is 6.33. The molecule has 1 unspecified atom stereocenters. The Balaban J connectivity index is 1.60. The van der Waals surface area contributed by atoms with Gasteiger partial charge in [-0.05, 0) is 44.7 Å². The standard InChI is InChI=1S/C20H22ClN3O2/c1-14-7-9-15(10-8-14)22-19(25)13-23(2)18-11-12-24(20(18)26)17-6-4-3-5-16(17)21/h3-10,18H,11-13H2,1-2H3,(H,22,25). The number of nitrogens with one attached hydrogen (secondary N) is 1. The van der Waals surface area contributed by atoms with Crippen LogP contribution in [0.25, 0.3) is 0 Å². The first kappa shape index (κ1) is 18.4. The lowest BCUT2D eigenvalue weighted by atomic mass is 10.2. The third-order valence-corrected chi connectivity index (χ3v) is 4.90. The van der Waals surface area contributed by atoms with Crippen molar-refractivity contribution in [3.05, 3.63) is 59.1 Å². The molecule has 0 radical (unpaired) electrons. The zero-order valence-corrected chi connectivity index (χ0v) is 15.7. The van der Waals surface area contributed by atoms with Crippen LogP contribution in [-0.2, 0) is 9.59 Å². The SMILES string of the molecule is Cc1ccc(NC(=O)CN(C)C2CCN(c3ccccc3Cl)C2=O)cc1. The molecule has 2 aromatic carbocycles. The van der Waals surface area contributed by atoms with Gasteiger partial charge in [-0.1, -0.05) is 41.4 Å². The number of para-hydroxylation sites is 1. The molecule has 2 aromatic rings. The van der Waals surface area contributed by atoms with Gasteiger partial charge in [-0.2, -0.15) is 0 Å². The Morgan fingerprint density at radius 1 is 1.23 bits per heavy atom. The number of rotatable bonds is 5. The van der Waals surface area contributed by atoms with E-state index in [0.717, 1.165) is 16.9 Å². The Bertz CT molecular complexity index is 807. The highest BCUT2D eigenvalue weighted by atomic mass is 35.5. The first-order valence-electron chi connectivity index (χ1n) is 8.58. The molecule has 3 rings (SSSR count). The van der Waals surface area contributed by atoms with E-state index in [4.69, 9.17) is 11.6 Å². The zero-order chi connectivity index (χ0) is 18.7. The van der Waals surface area contributed by atoms with E-state index in [1.807, 2.05) is 49.4 Å². The number of halogens is 1. The maximum Gasteiger partial charge on any atom is 0.244 e. The number of benzene rings is 2. The van der Waals surface area contributed by atoms with Crippen LogP contribution in [0.1, 0.15) is 12.0 Å². The molecule has 5 nitrogen and oxygen atoms in total. The third kappa shape index (κ3) is 4.06. The van der Waals surface area contributed by atoms with E-state index >= 15 is 0 Å². The van der Waals surface area contributed by atoms with Crippen molar-refractivity contribution >= 4 is 34.8 Å². The largest absolute Gasteiger partial charge is 0.325 e. The van der Waals surface area contributed by atoms with Crippen LogP contribution < -0.4 is 10.2 Å². The van der Waals surface area contributed by atoms with Gasteiger partial charge in [0.1, 0.15) is 0 Å². The van der Waals surface area contributed by atoms with Gasteiger partial charge in [-0.25, -0.2) is 0 Å². The molecule has 0 bridgehead atoms. The van der Waals surface area contributed by atoms with Crippen molar-refractivity contribution < 1.29 is 9.59 Å². The Hall–Kier alpha value is -2.37. The fourth-order valence-corrected chi connectivity index (χ4v) is 3.40. The number of anilines is 2. The molecule has 1 aliphatic rings. The highest BCUT2D eigenvalue weighted by Crippen LogP contribution is 2.30. The molecule has 0 saturated carbocycles. The predicted octanol–water partition coefficient (Wildman–Crippen LogP) is 3.32. The van der Waals surface area contributed by atoms with Gasteiger partial charge in [0, 0.05) is 12.2 Å². The van der Waals surface area contributed by atoms with Gasteiger partial charge < -0.3 is 10.2 Å². The van der Waals surface area contributed by atoms with Gasteiger partial charge in [0.05, 0.1) is 23.3 Å². The van der Waals surface area contributed by atoms with E-state index < -0.39 is 0 Å². The number of carbonyl (C=O) groups excluding carboxylic acids is 2. The first-order chi connectivity index (χ1) is 12.5. The zero-order valence-electron chi connectivity index (χ0n) is 14.9. The molecule has 2 amide bonds. The number of likely N-dealkylation sites (N-methyl/N-ethyl adjacent to an activating group) is 1. The van der Waals surface area contributed by atoms with Crippen LogP contribution in [0.15, 0.2) is 48.5 Å². The Labute approximate surface area is 158 Å². The van der Waals surface area contributed by atoms with E-state index in [9.17, 15) is 9.59 Å². The van der Waals surface area contributed by atoms with Crippen LogP contribution in [0.2, 0.25) is 5.02 Å². The minimum atomic E-state index is -0.324. The van der Waals surface area contributed by atoms with Crippen molar-refractivity contribution in [3.8, 4) is 0 Å². The minimum Gasteiger partial charge on any atom is -0.325 e. The number of hydrogen-bond acceptors (Lipinski definition) is 3. The fourth-order valence-electron chi connectivity index (χ4n) is 3.16. The lowest BCUT2D eigenvalue weighted by molar-refractivity contribution is -0.123. The molecule has 1 N–H and O–H groups in total. The van der Waals surface area contributed by atoms with Crippen molar-refractivity contribution in [2.24, 2.45) is 0 Å². The summed E-state index contributed by atoms with van der Waals surface area (Å²) in [6, 6.07) is 14.6. The van der Waals surface area contributed by atoms with Crippen molar-refractivity contribution in [2.45, 2.75) is 19.4 Å². The van der Waals surface area contributed by atoms with Gasteiger partial charge in [-0.3, -0.25) is 14.5 Å². The first-order valence-corrected chi connectivity index (χ1v) is 8.96. The molecule has 26 heavy (non-hydrogen) atoms. The monoisotopic (exact) mass is 371 g/mol. The summed E-state index contributed by atoms with van der Waals surface area (Å²) in [5, 5.41) is 3.42. The number of amides is 2. The average molecular weight is 372 g/mol. The molecule has 0 aliphatic carbocycles. The summed E-state index contributed by atoms with van der Waals surface area (Å²) in [6.45, 7) is 2.74. The number of aryl methyl sites for hydroxylation is 1. The van der Waals surface area contributed by atoms with E-state index in [1.165, 1.54) is 0 Å². The quantitative estimate of drug-likeness (QED) is 0.877. The lowest BCUT2D eigenvalue weighted by Crippen LogP contribution is -2.43. The van der Waals surface area contributed by atoms with E-state index in [0.29, 0.717) is 18.0 Å². The molecule has 1 fully saturated rings. The van der Waals surface area contributed by atoms with Gasteiger partial charge in [0.2, 0.25) is 11.8 Å². The van der Waals surface area contributed by atoms with Crippen molar-refractivity contribution in [1.82, 2.24) is 4.90 Å². The molecule has 1 heterocycles. The van der Waals surface area contributed by atoms with Crippen molar-refractivity contribution in [1.29, 1.82) is 0 Å². The molecule has 1 aliphatic heterocycles. The molecule has 136 valence electrons. The molecule has 1 atom stereocenters. The van der Waals surface area contributed by atoms with Gasteiger partial charge in [-0.15, -0.1) is 0 Å². The summed E-state index contributed by atoms with van der Waals surface area (Å²) in [7, 11) is 1.80. The summed E-state index contributed by atoms with van der Waals surface area (Å²) in [6.07, 6.45) is 0.665. The van der Waals surface area contributed by atoms with Crippen molar-refractivity contribution in [3.63, 3.8) is 0 Å². The van der Waals surface area contributed by atoms with Crippen LogP contribution in [0.3, 0.4) is 0 Å². The molecule has 6 heteroatoms. The number of carbonyl (C=O) groups is 2. The van der Waals surface area contributed by atoms with Crippen LogP contribution in [-0.4, -0.2) is 42.9 Å². The number of nitrogens with zero attached hydrogens (tertiary/aromatic N) is 2. The molecular formula is C20H22ClN3O2. The van der Waals surface area contributed by atoms with Crippen LogP contribution in [0.4, 0.5) is 11.4 Å². The second-order valence-corrected chi connectivity index (χ2v) is 6.98. The summed E-state index contributed by atoms with van der Waals surface area (Å²) in [5.74, 6) is -0.163. The Morgan fingerprint density at radius 3 is 2.62 bits per heavy atom. The molecule has 0 aromatic heterocycles. The van der Waals surface area contributed by atoms with Crippen LogP contribution >= 0.6 is 11.6 Å². The van der Waals surface area contributed by atoms with Crippen molar-refractivity contribution in [2.75, 3.05) is 30.4 Å². The third-order valence-electron chi connectivity index (χ3n) is 4.58. The van der Waals surface area contributed by atoms with Crippen LogP contribution in [0.5, 0.6) is 0 Å². The van der Waals surface area contributed by atoms with E-state index in [-0.39, 0.29) is 24.4 Å². The van der Waals surface area contributed by atoms with E-state index in [2.05, 4.69) is 5.32 Å². The maximum absolute atomic E-state index is 12.8. The molecule has 0 spiro atoms.